The quantitative estimate of drug-likeness (QED) is 0.195. The van der Waals surface area contributed by atoms with E-state index in [1.165, 1.54) is 12.0 Å². The summed E-state index contributed by atoms with van der Waals surface area (Å²) in [6, 6.07) is 18.0. The number of pyridine rings is 2. The van der Waals surface area contributed by atoms with Gasteiger partial charge in [0.2, 0.25) is 0 Å². The second kappa shape index (κ2) is 12.6. The molecule has 1 aliphatic heterocycles. The molecule has 0 unspecified atom stereocenters. The summed E-state index contributed by atoms with van der Waals surface area (Å²) >= 11 is 0. The standard InChI is InChI=1S/C35H41N5O3/c1-24-19-25(2)36-32(20-24)39-17-15-38(16-18-39)31-13-12-28(21-27(31)23-43-3)37-35(42)34(41)33-30(26-9-5-4-6-10-26)22-29-11-7-8-14-40(29)33/h7-8,11-14,19-22,26H,4-6,9-10,15-18,23H2,1-3H3,(H,37,42). The van der Waals surface area contributed by atoms with Gasteiger partial charge in [-0.1, -0.05) is 25.3 Å². The molecule has 6 rings (SSSR count). The Balaban J connectivity index is 1.19. The van der Waals surface area contributed by atoms with Gasteiger partial charge in [-0.3, -0.25) is 9.59 Å². The molecular weight excluding hydrogens is 538 g/mol. The zero-order valence-electron chi connectivity index (χ0n) is 25.4. The fourth-order valence-corrected chi connectivity index (χ4v) is 6.81. The van der Waals surface area contributed by atoms with Crippen LogP contribution in [0.2, 0.25) is 0 Å². The van der Waals surface area contributed by atoms with E-state index in [4.69, 9.17) is 9.72 Å². The van der Waals surface area contributed by atoms with E-state index in [1.54, 1.807) is 7.11 Å². The van der Waals surface area contributed by atoms with Gasteiger partial charge >= 0.3 is 0 Å². The van der Waals surface area contributed by atoms with Gasteiger partial charge in [0.05, 0.1) is 6.61 Å². The van der Waals surface area contributed by atoms with Crippen molar-refractivity contribution in [1.29, 1.82) is 0 Å². The maximum Gasteiger partial charge on any atom is 0.298 e. The SMILES string of the molecule is COCc1cc(NC(=O)C(=O)c2c(C3CCCCC3)cc3ccccn23)ccc1N1CCN(c2cc(C)cc(C)n2)CC1. The number of piperazine rings is 1. The zero-order chi connectivity index (χ0) is 29.9. The molecule has 1 saturated carbocycles. The Bertz CT molecular complexity index is 1610. The van der Waals surface area contributed by atoms with Crippen molar-refractivity contribution in [3.63, 3.8) is 0 Å². The van der Waals surface area contributed by atoms with E-state index < -0.39 is 11.7 Å². The smallest absolute Gasteiger partial charge is 0.298 e. The van der Waals surface area contributed by atoms with Crippen LogP contribution in [0.3, 0.4) is 0 Å². The number of aromatic nitrogens is 2. The Hall–Kier alpha value is -4.17. The first-order valence-electron chi connectivity index (χ1n) is 15.4. The fraction of sp³-hybridized carbons (Fsp3) is 0.400. The lowest BCUT2D eigenvalue weighted by Crippen LogP contribution is -2.47. The predicted molar refractivity (Wildman–Crippen MR) is 171 cm³/mol. The molecule has 2 fully saturated rings. The van der Waals surface area contributed by atoms with Crippen LogP contribution >= 0.6 is 0 Å². The van der Waals surface area contributed by atoms with Crippen LogP contribution < -0.4 is 15.1 Å². The number of carbonyl (C=O) groups is 2. The lowest BCUT2D eigenvalue weighted by atomic mass is 9.83. The molecule has 1 N–H and O–H groups in total. The topological polar surface area (TPSA) is 79.2 Å². The number of ether oxygens (including phenoxy) is 1. The van der Waals surface area contributed by atoms with Crippen LogP contribution in [0.25, 0.3) is 5.52 Å². The number of amides is 1. The van der Waals surface area contributed by atoms with E-state index in [1.807, 2.05) is 53.9 Å². The molecule has 43 heavy (non-hydrogen) atoms. The monoisotopic (exact) mass is 579 g/mol. The summed E-state index contributed by atoms with van der Waals surface area (Å²) < 4.78 is 7.42. The first-order valence-corrected chi connectivity index (χ1v) is 15.4. The average molecular weight is 580 g/mol. The van der Waals surface area contributed by atoms with Gasteiger partial charge in [-0.15, -0.1) is 0 Å². The zero-order valence-corrected chi connectivity index (χ0v) is 25.4. The molecule has 8 heteroatoms. The minimum Gasteiger partial charge on any atom is -0.380 e. The molecule has 1 amide bonds. The van der Waals surface area contributed by atoms with Crippen molar-refractivity contribution in [2.75, 3.05) is 48.4 Å². The van der Waals surface area contributed by atoms with Gasteiger partial charge in [0.25, 0.3) is 11.7 Å². The molecule has 4 heterocycles. The second-order valence-corrected chi connectivity index (χ2v) is 12.0. The highest BCUT2D eigenvalue weighted by atomic mass is 16.5. The Kier molecular flexibility index (Phi) is 8.47. The van der Waals surface area contributed by atoms with Crippen molar-refractivity contribution in [2.45, 2.75) is 58.5 Å². The van der Waals surface area contributed by atoms with Crippen molar-refractivity contribution in [3.05, 3.63) is 88.9 Å². The first-order chi connectivity index (χ1) is 20.9. The molecule has 8 nitrogen and oxygen atoms in total. The number of nitrogens with zero attached hydrogens (tertiary/aromatic N) is 4. The fourth-order valence-electron chi connectivity index (χ4n) is 6.81. The van der Waals surface area contributed by atoms with Crippen LogP contribution in [0.4, 0.5) is 17.2 Å². The Morgan fingerprint density at radius 1 is 0.930 bits per heavy atom. The molecule has 0 bridgehead atoms. The van der Waals surface area contributed by atoms with Crippen LogP contribution in [0.1, 0.15) is 70.9 Å². The van der Waals surface area contributed by atoms with E-state index in [9.17, 15) is 9.59 Å². The number of fused-ring (bicyclic) bond motifs is 1. The van der Waals surface area contributed by atoms with E-state index in [2.05, 4.69) is 40.2 Å². The molecule has 0 atom stereocenters. The number of ketones is 1. The van der Waals surface area contributed by atoms with E-state index in [-0.39, 0.29) is 0 Å². The average Bonchev–Trinajstić information content (AvgIpc) is 3.41. The number of hydrogen-bond acceptors (Lipinski definition) is 6. The van der Waals surface area contributed by atoms with E-state index in [0.29, 0.717) is 23.9 Å². The van der Waals surface area contributed by atoms with Gasteiger partial charge in [-0.2, -0.15) is 0 Å². The van der Waals surface area contributed by atoms with Crippen molar-refractivity contribution in [2.24, 2.45) is 0 Å². The number of anilines is 3. The van der Waals surface area contributed by atoms with Crippen molar-refractivity contribution >= 4 is 34.4 Å². The van der Waals surface area contributed by atoms with Crippen molar-refractivity contribution in [3.8, 4) is 0 Å². The molecule has 3 aromatic heterocycles. The molecule has 0 radical (unpaired) electrons. The van der Waals surface area contributed by atoms with E-state index >= 15 is 0 Å². The third kappa shape index (κ3) is 6.15. The van der Waals surface area contributed by atoms with Crippen LogP contribution in [0.15, 0.2) is 60.8 Å². The maximum atomic E-state index is 13.7. The summed E-state index contributed by atoms with van der Waals surface area (Å²) in [6.07, 6.45) is 7.52. The summed E-state index contributed by atoms with van der Waals surface area (Å²) in [5, 5.41) is 2.90. The maximum absolute atomic E-state index is 13.7. The minimum absolute atomic E-state index is 0.305. The highest BCUT2D eigenvalue weighted by molar-refractivity contribution is 6.46. The van der Waals surface area contributed by atoms with Crippen LogP contribution in [0, 0.1) is 13.8 Å². The molecule has 224 valence electrons. The molecule has 4 aromatic rings. The minimum atomic E-state index is -0.619. The third-order valence-electron chi connectivity index (χ3n) is 8.84. The lowest BCUT2D eigenvalue weighted by Gasteiger charge is -2.37. The Labute approximate surface area is 253 Å². The largest absolute Gasteiger partial charge is 0.380 e. The number of aryl methyl sites for hydroxylation is 2. The van der Waals surface area contributed by atoms with Crippen LogP contribution in [-0.2, 0) is 16.1 Å². The Morgan fingerprint density at radius 3 is 2.44 bits per heavy atom. The molecule has 1 aliphatic carbocycles. The van der Waals surface area contributed by atoms with Crippen molar-refractivity contribution < 1.29 is 14.3 Å². The van der Waals surface area contributed by atoms with Crippen LogP contribution in [0.5, 0.6) is 0 Å². The van der Waals surface area contributed by atoms with Crippen LogP contribution in [-0.4, -0.2) is 54.4 Å². The number of carbonyl (C=O) groups excluding carboxylic acids is 2. The van der Waals surface area contributed by atoms with Gasteiger partial charge in [-0.05, 0) is 92.3 Å². The first kappa shape index (κ1) is 28.9. The summed E-state index contributed by atoms with van der Waals surface area (Å²) in [5.41, 5.74) is 7.33. The highest BCUT2D eigenvalue weighted by Gasteiger charge is 2.29. The molecular formula is C35H41N5O3. The van der Waals surface area contributed by atoms with Gasteiger partial charge in [0.1, 0.15) is 11.5 Å². The van der Waals surface area contributed by atoms with Gasteiger partial charge in [-0.25, -0.2) is 4.98 Å². The second-order valence-electron chi connectivity index (χ2n) is 12.0. The summed E-state index contributed by atoms with van der Waals surface area (Å²) in [6.45, 7) is 7.97. The lowest BCUT2D eigenvalue weighted by molar-refractivity contribution is -0.112. The number of rotatable bonds is 8. The molecule has 1 saturated heterocycles. The number of nitrogens with one attached hydrogen (secondary N) is 1. The molecule has 2 aliphatic rings. The molecule has 1 aromatic carbocycles. The van der Waals surface area contributed by atoms with Gasteiger partial charge < -0.3 is 24.3 Å². The third-order valence-corrected chi connectivity index (χ3v) is 8.84. The van der Waals surface area contributed by atoms with E-state index in [0.717, 1.165) is 85.7 Å². The summed E-state index contributed by atoms with van der Waals surface area (Å²) in [4.78, 5) is 36.6. The number of Topliss-reactive ketones (excluding diaryl/α,β-unsaturated/α-hetero) is 1. The Morgan fingerprint density at radius 2 is 1.70 bits per heavy atom. The van der Waals surface area contributed by atoms with Gasteiger partial charge in [0.15, 0.2) is 0 Å². The predicted octanol–water partition coefficient (Wildman–Crippen LogP) is 6.29. The highest BCUT2D eigenvalue weighted by Crippen LogP contribution is 2.36. The normalized spacial score (nSPS) is 16.1. The number of hydrogen-bond donors (Lipinski definition) is 1. The van der Waals surface area contributed by atoms with Crippen molar-refractivity contribution in [1.82, 2.24) is 9.38 Å². The number of benzene rings is 1. The molecule has 0 spiro atoms. The summed E-state index contributed by atoms with van der Waals surface area (Å²) in [7, 11) is 1.67. The van der Waals surface area contributed by atoms with Gasteiger partial charge in [0, 0.05) is 67.6 Å². The summed E-state index contributed by atoms with van der Waals surface area (Å²) in [5.74, 6) is 0.213. The number of methoxy groups -OCH3 is 1.